The molecular weight excluding hydrogens is 270 g/mol. The quantitative estimate of drug-likeness (QED) is 0.471. The minimum absolute atomic E-state index is 0.0234. The smallest absolute Gasteiger partial charge is 0.148 e. The van der Waals surface area contributed by atoms with Crippen molar-refractivity contribution < 1.29 is 29.9 Å². The van der Waals surface area contributed by atoms with E-state index in [0.29, 0.717) is 0 Å². The third-order valence-corrected chi connectivity index (χ3v) is 3.76. The lowest BCUT2D eigenvalue weighted by molar-refractivity contribution is -0.200. The molecule has 2 aliphatic heterocycles. The van der Waals surface area contributed by atoms with Crippen molar-refractivity contribution in [3.8, 4) is 0 Å². The van der Waals surface area contributed by atoms with Gasteiger partial charge in [0, 0.05) is 5.92 Å². The van der Waals surface area contributed by atoms with E-state index in [1.165, 1.54) is 0 Å². The Morgan fingerprint density at radius 2 is 1.50 bits per heavy atom. The van der Waals surface area contributed by atoms with Crippen LogP contribution >= 0.6 is 0 Å². The molecule has 7 unspecified atom stereocenters. The second-order valence-electron chi connectivity index (χ2n) is 5.06. The lowest BCUT2D eigenvalue weighted by Gasteiger charge is -2.41. The van der Waals surface area contributed by atoms with Crippen molar-refractivity contribution >= 4 is 0 Å². The van der Waals surface area contributed by atoms with E-state index < -0.39 is 24.4 Å². The largest absolute Gasteiger partial charge is 0.396 e. The van der Waals surface area contributed by atoms with E-state index in [1.54, 1.807) is 6.92 Å². The summed E-state index contributed by atoms with van der Waals surface area (Å²) >= 11 is 0. The van der Waals surface area contributed by atoms with E-state index >= 15 is 0 Å². The third kappa shape index (κ3) is 3.72. The predicted molar refractivity (Wildman–Crippen MR) is 69.0 cm³/mol. The summed E-state index contributed by atoms with van der Waals surface area (Å²) in [5.74, 6) is 0.148. The summed E-state index contributed by atoms with van der Waals surface area (Å²) in [7, 11) is 0. The lowest BCUT2D eigenvalue weighted by atomic mass is 9.92. The van der Waals surface area contributed by atoms with E-state index in [9.17, 15) is 10.0 Å². The maximum absolute atomic E-state index is 10.1. The van der Waals surface area contributed by atoms with Crippen LogP contribution in [0.4, 0.5) is 0 Å². The van der Waals surface area contributed by atoms with E-state index in [2.05, 4.69) is 5.18 Å². The first-order chi connectivity index (χ1) is 9.49. The first-order valence-electron chi connectivity index (χ1n) is 6.64. The summed E-state index contributed by atoms with van der Waals surface area (Å²) in [6.45, 7) is 3.39. The number of hydrogen-bond acceptors (Lipinski definition) is 8. The zero-order chi connectivity index (χ0) is 15.3. The molecule has 2 heterocycles. The Bertz CT molecular complexity index is 304. The summed E-state index contributed by atoms with van der Waals surface area (Å²) in [5, 5.41) is 37.8. The molecule has 118 valence electrons. The van der Waals surface area contributed by atoms with Gasteiger partial charge in [-0.15, -0.1) is 0 Å². The fourth-order valence-electron chi connectivity index (χ4n) is 2.35. The van der Waals surface area contributed by atoms with Crippen LogP contribution in [0.3, 0.4) is 0 Å². The van der Waals surface area contributed by atoms with Gasteiger partial charge in [0.1, 0.15) is 18.2 Å². The highest BCUT2D eigenvalue weighted by Crippen LogP contribution is 2.26. The summed E-state index contributed by atoms with van der Waals surface area (Å²) in [6, 6.07) is -0.824. The standard InChI is InChI=1S/C6H11NO4.C6H12O3/c1-3-6(9)5(7-10)4(2-8)11-3;1-4-5(2-7)6(3-8)9-4/h3-6,8-9H,2H2,1H3;4-8H,2-3H2,1H3. The second-order valence-corrected chi connectivity index (χ2v) is 5.06. The monoisotopic (exact) mass is 293 g/mol. The van der Waals surface area contributed by atoms with Gasteiger partial charge in [-0.1, -0.05) is 5.18 Å². The number of nitrogens with zero attached hydrogens (tertiary/aromatic N) is 1. The highest BCUT2D eigenvalue weighted by Gasteiger charge is 2.42. The van der Waals surface area contributed by atoms with E-state index in [0.717, 1.165) is 0 Å². The Kier molecular flexibility index (Phi) is 6.93. The van der Waals surface area contributed by atoms with Crippen LogP contribution in [0.25, 0.3) is 0 Å². The van der Waals surface area contributed by atoms with E-state index in [1.807, 2.05) is 6.92 Å². The van der Waals surface area contributed by atoms with Gasteiger partial charge in [-0.05, 0) is 13.8 Å². The molecule has 0 bridgehead atoms. The van der Waals surface area contributed by atoms with Crippen LogP contribution in [0.15, 0.2) is 5.18 Å². The molecule has 0 aromatic rings. The molecule has 8 nitrogen and oxygen atoms in total. The van der Waals surface area contributed by atoms with Gasteiger partial charge in [0.25, 0.3) is 0 Å². The van der Waals surface area contributed by atoms with Gasteiger partial charge in [0.2, 0.25) is 0 Å². The fourth-order valence-corrected chi connectivity index (χ4v) is 2.35. The summed E-state index contributed by atoms with van der Waals surface area (Å²) in [5.41, 5.74) is 0. The van der Waals surface area contributed by atoms with E-state index in [4.69, 9.17) is 24.8 Å². The van der Waals surface area contributed by atoms with E-state index in [-0.39, 0.29) is 37.9 Å². The lowest BCUT2D eigenvalue weighted by Crippen LogP contribution is -2.50. The van der Waals surface area contributed by atoms with Gasteiger partial charge >= 0.3 is 0 Å². The van der Waals surface area contributed by atoms with Gasteiger partial charge in [-0.2, -0.15) is 4.91 Å². The van der Waals surface area contributed by atoms with Gasteiger partial charge < -0.3 is 29.9 Å². The topological polar surface area (TPSA) is 129 Å². The van der Waals surface area contributed by atoms with Gasteiger partial charge in [-0.25, -0.2) is 0 Å². The molecule has 2 fully saturated rings. The van der Waals surface area contributed by atoms with Crippen LogP contribution in [0, 0.1) is 10.8 Å². The molecule has 0 aliphatic carbocycles. The van der Waals surface area contributed by atoms with Crippen molar-refractivity contribution in [1.82, 2.24) is 0 Å². The first kappa shape index (κ1) is 17.4. The van der Waals surface area contributed by atoms with Crippen LogP contribution in [0.1, 0.15) is 13.8 Å². The minimum atomic E-state index is -0.885. The molecule has 0 aromatic heterocycles. The van der Waals surface area contributed by atoms with Crippen molar-refractivity contribution in [3.63, 3.8) is 0 Å². The molecule has 2 saturated heterocycles. The SMILES string of the molecule is CC1OC(CO)C(N=O)C1O.CC1OC(CO)C1CO. The summed E-state index contributed by atoms with van der Waals surface area (Å²) in [6.07, 6.45) is -1.95. The maximum Gasteiger partial charge on any atom is 0.148 e. The molecule has 0 amide bonds. The molecular formula is C12H23NO7. The predicted octanol–water partition coefficient (Wildman–Crippen LogP) is -1.36. The van der Waals surface area contributed by atoms with Crippen LogP contribution in [0.5, 0.6) is 0 Å². The Hall–Kier alpha value is -0.640. The average molecular weight is 293 g/mol. The second kappa shape index (κ2) is 7.96. The van der Waals surface area contributed by atoms with Crippen LogP contribution < -0.4 is 0 Å². The number of hydrogen-bond donors (Lipinski definition) is 4. The molecule has 2 rings (SSSR count). The Labute approximate surface area is 117 Å². The molecule has 0 spiro atoms. The van der Waals surface area contributed by atoms with Gasteiger partial charge in [0.05, 0.1) is 38.1 Å². The molecule has 0 aromatic carbocycles. The van der Waals surface area contributed by atoms with Gasteiger partial charge in [0.15, 0.2) is 0 Å². The van der Waals surface area contributed by atoms with Crippen LogP contribution in [-0.2, 0) is 9.47 Å². The molecule has 2 aliphatic rings. The Balaban J connectivity index is 0.000000204. The molecule has 0 saturated carbocycles. The number of aliphatic hydroxyl groups is 4. The van der Waals surface area contributed by atoms with Gasteiger partial charge in [-0.3, -0.25) is 0 Å². The molecule has 20 heavy (non-hydrogen) atoms. The molecule has 7 atom stereocenters. The minimum Gasteiger partial charge on any atom is -0.396 e. The van der Waals surface area contributed by atoms with Crippen LogP contribution in [-0.4, -0.2) is 76.8 Å². The average Bonchev–Trinajstić information content (AvgIpc) is 2.71. The Morgan fingerprint density at radius 3 is 1.80 bits per heavy atom. The normalized spacial score (nSPS) is 43.4. The van der Waals surface area contributed by atoms with Crippen molar-refractivity contribution in [2.24, 2.45) is 11.1 Å². The third-order valence-electron chi connectivity index (χ3n) is 3.76. The number of aliphatic hydroxyl groups excluding tert-OH is 4. The van der Waals surface area contributed by atoms with Crippen molar-refractivity contribution in [1.29, 1.82) is 0 Å². The number of rotatable bonds is 4. The highest BCUT2D eigenvalue weighted by molar-refractivity contribution is 4.93. The zero-order valence-electron chi connectivity index (χ0n) is 11.6. The Morgan fingerprint density at radius 1 is 0.950 bits per heavy atom. The summed E-state index contributed by atoms with van der Waals surface area (Å²) < 4.78 is 10.1. The zero-order valence-corrected chi connectivity index (χ0v) is 11.6. The molecule has 8 heteroatoms. The van der Waals surface area contributed by atoms with Crippen molar-refractivity contribution in [2.75, 3.05) is 19.8 Å². The number of nitroso groups, excluding NO2 is 1. The first-order valence-corrected chi connectivity index (χ1v) is 6.64. The number of ether oxygens (including phenoxy) is 2. The van der Waals surface area contributed by atoms with Crippen molar-refractivity contribution in [2.45, 2.75) is 50.4 Å². The fraction of sp³-hybridized carbons (Fsp3) is 1.00. The van der Waals surface area contributed by atoms with Crippen LogP contribution in [0.2, 0.25) is 0 Å². The van der Waals surface area contributed by atoms with Crippen molar-refractivity contribution in [3.05, 3.63) is 4.91 Å². The maximum atomic E-state index is 10.1. The molecule has 0 radical (unpaired) electrons. The summed E-state index contributed by atoms with van der Waals surface area (Å²) in [4.78, 5) is 10.1. The molecule has 4 N–H and O–H groups in total. The highest BCUT2D eigenvalue weighted by atomic mass is 16.5.